The summed E-state index contributed by atoms with van der Waals surface area (Å²) in [6, 6.07) is 4.38. The molecule has 3 nitrogen and oxygen atoms in total. The fourth-order valence-corrected chi connectivity index (χ4v) is 1.70. The fraction of sp³-hybridized carbons (Fsp3) is 0. The summed E-state index contributed by atoms with van der Waals surface area (Å²) in [4.78, 5) is 0.271. The van der Waals surface area contributed by atoms with Crippen LogP contribution in [0, 0.1) is 5.82 Å². The number of benzene rings is 1. The second-order valence-electron chi connectivity index (χ2n) is 2.52. The molecule has 0 N–H and O–H groups in total. The lowest BCUT2D eigenvalue weighted by atomic mass is 10.2. The molecule has 72 valence electrons. The predicted octanol–water partition coefficient (Wildman–Crippen LogP) is 3.40. The monoisotopic (exact) mass is 320 g/mol. The first-order chi connectivity index (χ1) is 6.65. The van der Waals surface area contributed by atoms with Crippen LogP contribution in [0.1, 0.15) is 0 Å². The quantitative estimate of drug-likeness (QED) is 0.808. The minimum absolute atomic E-state index is 0.271. The lowest BCUT2D eigenvalue weighted by Crippen LogP contribution is -1.81. The van der Waals surface area contributed by atoms with E-state index < -0.39 is 0 Å². The van der Waals surface area contributed by atoms with Crippen LogP contribution in [0.15, 0.2) is 31.9 Å². The number of rotatable bonds is 1. The first-order valence-electron chi connectivity index (χ1n) is 3.60. The largest absolute Gasteiger partial charge is 0.411 e. The summed E-state index contributed by atoms with van der Waals surface area (Å²) in [5.41, 5.74) is 0.537. The van der Waals surface area contributed by atoms with E-state index in [1.807, 2.05) is 0 Å². The van der Waals surface area contributed by atoms with Gasteiger partial charge in [0.15, 0.2) is 0 Å². The molecule has 0 atom stereocenters. The van der Waals surface area contributed by atoms with Gasteiger partial charge in [0.1, 0.15) is 5.82 Å². The Morgan fingerprint density at radius 2 is 1.93 bits per heavy atom. The lowest BCUT2D eigenvalue weighted by Gasteiger charge is -1.96. The van der Waals surface area contributed by atoms with Gasteiger partial charge < -0.3 is 4.42 Å². The number of hydrogen-bond donors (Lipinski definition) is 0. The summed E-state index contributed by atoms with van der Waals surface area (Å²) in [7, 11) is 0. The Morgan fingerprint density at radius 3 is 2.50 bits per heavy atom. The normalized spacial score (nSPS) is 10.5. The Balaban J connectivity index is 2.51. The number of nitrogens with zero attached hydrogens (tertiary/aromatic N) is 2. The van der Waals surface area contributed by atoms with Crippen LogP contribution < -0.4 is 0 Å². The van der Waals surface area contributed by atoms with Crippen LogP contribution in [0.25, 0.3) is 11.5 Å². The van der Waals surface area contributed by atoms with Crippen LogP contribution in [0.5, 0.6) is 0 Å². The SMILES string of the molecule is Fc1cc(Br)cc(-c2nnc(Br)o2)c1. The summed E-state index contributed by atoms with van der Waals surface area (Å²) in [6.07, 6.45) is 0. The average molecular weight is 322 g/mol. The summed E-state index contributed by atoms with van der Waals surface area (Å²) < 4.78 is 18.7. The molecule has 2 aromatic rings. The highest BCUT2D eigenvalue weighted by atomic mass is 79.9. The van der Waals surface area contributed by atoms with Crippen LogP contribution in [0.3, 0.4) is 0 Å². The van der Waals surface area contributed by atoms with E-state index in [0.29, 0.717) is 10.0 Å². The second kappa shape index (κ2) is 3.78. The third kappa shape index (κ3) is 2.01. The second-order valence-corrected chi connectivity index (χ2v) is 4.11. The fourth-order valence-electron chi connectivity index (χ4n) is 0.999. The molecule has 1 aromatic carbocycles. The van der Waals surface area contributed by atoms with E-state index in [-0.39, 0.29) is 16.5 Å². The molecule has 14 heavy (non-hydrogen) atoms. The van der Waals surface area contributed by atoms with Gasteiger partial charge in [-0.05, 0) is 18.2 Å². The highest BCUT2D eigenvalue weighted by molar-refractivity contribution is 9.10. The molecule has 2 rings (SSSR count). The van der Waals surface area contributed by atoms with Gasteiger partial charge in [0, 0.05) is 26.0 Å². The highest BCUT2D eigenvalue weighted by Gasteiger charge is 2.08. The molecule has 0 saturated heterocycles. The molecular weight excluding hydrogens is 319 g/mol. The Labute approximate surface area is 95.6 Å². The third-order valence-electron chi connectivity index (χ3n) is 1.51. The van der Waals surface area contributed by atoms with E-state index in [2.05, 4.69) is 42.1 Å². The maximum absolute atomic E-state index is 13.0. The zero-order valence-electron chi connectivity index (χ0n) is 6.67. The molecule has 0 fully saturated rings. The number of halogens is 3. The predicted molar refractivity (Wildman–Crippen MR) is 55.1 cm³/mol. The molecule has 0 saturated carbocycles. The molecule has 0 amide bonds. The van der Waals surface area contributed by atoms with Crippen molar-refractivity contribution in [3.8, 4) is 11.5 Å². The van der Waals surface area contributed by atoms with E-state index in [9.17, 15) is 4.39 Å². The van der Waals surface area contributed by atoms with Gasteiger partial charge in [0.05, 0.1) is 0 Å². The molecule has 0 unspecified atom stereocenters. The van der Waals surface area contributed by atoms with Crippen LogP contribution >= 0.6 is 31.9 Å². The Hall–Kier alpha value is -0.750. The zero-order valence-corrected chi connectivity index (χ0v) is 9.84. The van der Waals surface area contributed by atoms with Crippen molar-refractivity contribution in [2.24, 2.45) is 0 Å². The molecular formula is C8H3Br2FN2O. The van der Waals surface area contributed by atoms with Gasteiger partial charge in [-0.3, -0.25) is 0 Å². The minimum Gasteiger partial charge on any atom is -0.411 e. The molecule has 0 aliphatic rings. The van der Waals surface area contributed by atoms with Gasteiger partial charge in [-0.15, -0.1) is 10.2 Å². The highest BCUT2D eigenvalue weighted by Crippen LogP contribution is 2.24. The molecule has 0 spiro atoms. The van der Waals surface area contributed by atoms with Crippen molar-refractivity contribution in [2.45, 2.75) is 0 Å². The number of aromatic nitrogens is 2. The van der Waals surface area contributed by atoms with Crippen molar-refractivity contribution in [3.05, 3.63) is 33.3 Å². The summed E-state index contributed by atoms with van der Waals surface area (Å²) in [5, 5.41) is 7.33. The molecule has 0 radical (unpaired) electrons. The molecule has 6 heteroatoms. The van der Waals surface area contributed by atoms with Gasteiger partial charge in [-0.25, -0.2) is 4.39 Å². The minimum atomic E-state index is -0.358. The van der Waals surface area contributed by atoms with Crippen LogP contribution in [-0.2, 0) is 0 Å². The van der Waals surface area contributed by atoms with Crippen molar-refractivity contribution < 1.29 is 8.81 Å². The van der Waals surface area contributed by atoms with Crippen LogP contribution in [-0.4, -0.2) is 10.2 Å². The summed E-state index contributed by atoms with van der Waals surface area (Å²) in [6.45, 7) is 0. The topological polar surface area (TPSA) is 38.9 Å². The lowest BCUT2D eigenvalue weighted by molar-refractivity contribution is 0.539. The number of hydrogen-bond acceptors (Lipinski definition) is 3. The average Bonchev–Trinajstić information content (AvgIpc) is 2.50. The van der Waals surface area contributed by atoms with E-state index in [0.717, 1.165) is 0 Å². The van der Waals surface area contributed by atoms with E-state index in [4.69, 9.17) is 4.42 Å². The molecule has 0 aliphatic carbocycles. The first-order valence-corrected chi connectivity index (χ1v) is 5.19. The van der Waals surface area contributed by atoms with E-state index in [1.165, 1.54) is 12.1 Å². The van der Waals surface area contributed by atoms with Gasteiger partial charge >= 0.3 is 0 Å². The van der Waals surface area contributed by atoms with Crippen molar-refractivity contribution in [1.29, 1.82) is 0 Å². The Kier molecular flexibility index (Phi) is 2.64. The van der Waals surface area contributed by atoms with Crippen LogP contribution in [0.2, 0.25) is 0 Å². The molecule has 0 bridgehead atoms. The van der Waals surface area contributed by atoms with Crippen molar-refractivity contribution in [2.75, 3.05) is 0 Å². The van der Waals surface area contributed by atoms with Crippen molar-refractivity contribution in [1.82, 2.24) is 10.2 Å². The summed E-state index contributed by atoms with van der Waals surface area (Å²) >= 11 is 6.20. The smallest absolute Gasteiger partial charge is 0.285 e. The van der Waals surface area contributed by atoms with Crippen molar-refractivity contribution in [3.63, 3.8) is 0 Å². The zero-order chi connectivity index (χ0) is 10.1. The van der Waals surface area contributed by atoms with Gasteiger partial charge in [-0.1, -0.05) is 15.9 Å². The van der Waals surface area contributed by atoms with Crippen molar-refractivity contribution >= 4 is 31.9 Å². The third-order valence-corrected chi connectivity index (χ3v) is 2.29. The van der Waals surface area contributed by atoms with Gasteiger partial charge in [0.25, 0.3) is 4.80 Å². The van der Waals surface area contributed by atoms with E-state index >= 15 is 0 Å². The Bertz CT molecular complexity index is 452. The van der Waals surface area contributed by atoms with Gasteiger partial charge in [0.2, 0.25) is 5.89 Å². The standard InChI is InChI=1S/C8H3Br2FN2O/c9-5-1-4(2-6(11)3-5)7-12-13-8(10)14-7/h1-3H. The molecule has 0 aliphatic heterocycles. The maximum Gasteiger partial charge on any atom is 0.285 e. The molecule has 1 aromatic heterocycles. The Morgan fingerprint density at radius 1 is 1.14 bits per heavy atom. The van der Waals surface area contributed by atoms with Crippen LogP contribution in [0.4, 0.5) is 4.39 Å². The maximum atomic E-state index is 13.0. The summed E-state index contributed by atoms with van der Waals surface area (Å²) in [5.74, 6) is -0.0826. The molecule has 1 heterocycles. The first kappa shape index (κ1) is 9.79. The van der Waals surface area contributed by atoms with Gasteiger partial charge in [-0.2, -0.15) is 0 Å². The van der Waals surface area contributed by atoms with E-state index in [1.54, 1.807) is 6.07 Å².